The molecule has 2 rings (SSSR count). The normalized spacial score (nSPS) is 20.6. The Labute approximate surface area is 129 Å². The first-order chi connectivity index (χ1) is 10.2. The average Bonchev–Trinajstić information content (AvgIpc) is 2.54. The molecule has 1 amide bonds. The molecule has 21 heavy (non-hydrogen) atoms. The fraction of sp³-hybridized carbons (Fsp3) is 0.938. The predicted molar refractivity (Wildman–Crippen MR) is 87.3 cm³/mol. The number of likely N-dealkylation sites (tertiary alicyclic amines) is 1. The van der Waals surface area contributed by atoms with Crippen molar-refractivity contribution in [2.24, 2.45) is 5.92 Å². The van der Waals surface area contributed by atoms with Crippen LogP contribution in [0.2, 0.25) is 0 Å². The van der Waals surface area contributed by atoms with E-state index in [-0.39, 0.29) is 5.91 Å². The molecule has 126 valence electrons. The lowest BCUT2D eigenvalue weighted by Gasteiger charge is -2.35. The first kappa shape index (κ1) is 20.3. The predicted octanol–water partition coefficient (Wildman–Crippen LogP) is 2.20. The summed E-state index contributed by atoms with van der Waals surface area (Å²) in [7, 11) is 0.500. The molecule has 0 saturated carbocycles. The summed E-state index contributed by atoms with van der Waals surface area (Å²) in [6, 6.07) is 0.414. The molecule has 0 unspecified atom stereocenters. The number of carbonyl (C=O) groups excluding carboxylic acids is 1. The van der Waals surface area contributed by atoms with E-state index in [1.807, 2.05) is 13.8 Å². The number of nitrogens with zero attached hydrogens (tertiary/aromatic N) is 1. The lowest BCUT2D eigenvalue weighted by Crippen LogP contribution is -2.46. The van der Waals surface area contributed by atoms with Gasteiger partial charge in [0.15, 0.2) is 0 Å². The highest BCUT2D eigenvalue weighted by Crippen LogP contribution is 2.17. The number of hydrogen-bond donors (Lipinski definition) is 2. The third-order valence-electron chi connectivity index (χ3n) is 3.97. The molecule has 2 fully saturated rings. The van der Waals surface area contributed by atoms with Crippen molar-refractivity contribution in [2.45, 2.75) is 52.5 Å². The van der Waals surface area contributed by atoms with E-state index in [0.29, 0.717) is 13.2 Å². The third-order valence-corrected chi connectivity index (χ3v) is 3.97. The lowest BCUT2D eigenvalue weighted by atomic mass is 9.96. The van der Waals surface area contributed by atoms with Gasteiger partial charge in [-0.05, 0) is 44.7 Å². The Kier molecular flexibility index (Phi) is 12.6. The van der Waals surface area contributed by atoms with Crippen molar-refractivity contribution in [3.8, 4) is 0 Å². The molecule has 0 aromatic carbocycles. The van der Waals surface area contributed by atoms with E-state index >= 15 is 0 Å². The van der Waals surface area contributed by atoms with Crippen LogP contribution in [0.3, 0.4) is 0 Å². The van der Waals surface area contributed by atoms with Gasteiger partial charge in [-0.15, -0.1) is 0 Å². The SMILES string of the molecule is CC.CC(=O)NC1CCN(CC2CCNCC2)CC1.CF. The largest absolute Gasteiger partial charge is 0.354 e. The molecule has 0 aromatic rings. The van der Waals surface area contributed by atoms with Gasteiger partial charge in [0.25, 0.3) is 0 Å². The zero-order valence-corrected chi connectivity index (χ0v) is 14.3. The van der Waals surface area contributed by atoms with Crippen LogP contribution < -0.4 is 10.6 Å². The number of halogens is 1. The van der Waals surface area contributed by atoms with Crippen molar-refractivity contribution in [1.82, 2.24) is 15.5 Å². The Morgan fingerprint density at radius 3 is 2.14 bits per heavy atom. The zero-order valence-electron chi connectivity index (χ0n) is 14.3. The maximum Gasteiger partial charge on any atom is 0.217 e. The maximum atomic E-state index is 11.0. The molecule has 0 aromatic heterocycles. The Morgan fingerprint density at radius 2 is 1.67 bits per heavy atom. The minimum atomic E-state index is 0.113. The highest BCUT2D eigenvalue weighted by molar-refractivity contribution is 5.73. The Morgan fingerprint density at radius 1 is 1.14 bits per heavy atom. The van der Waals surface area contributed by atoms with Gasteiger partial charge in [-0.1, -0.05) is 13.8 Å². The molecule has 0 bridgehead atoms. The van der Waals surface area contributed by atoms with Gasteiger partial charge in [-0.3, -0.25) is 9.18 Å². The van der Waals surface area contributed by atoms with Gasteiger partial charge in [0.1, 0.15) is 0 Å². The summed E-state index contributed by atoms with van der Waals surface area (Å²) in [6.07, 6.45) is 4.88. The molecular formula is C16H34FN3O. The van der Waals surface area contributed by atoms with Crippen LogP contribution in [-0.2, 0) is 4.79 Å². The summed E-state index contributed by atoms with van der Waals surface area (Å²) in [6.45, 7) is 11.5. The summed E-state index contributed by atoms with van der Waals surface area (Å²) < 4.78 is 9.50. The standard InChI is InChI=1S/C13H25N3O.C2H6.CH3F/c1-11(17)15-13-4-8-16(9-5-13)10-12-2-6-14-7-3-12;2*1-2/h12-14H,2-10H2,1H3,(H,15,17);1-2H3;1H3. The Bertz CT molecular complexity index is 250. The highest BCUT2D eigenvalue weighted by Gasteiger charge is 2.22. The van der Waals surface area contributed by atoms with Gasteiger partial charge in [-0.25, -0.2) is 0 Å². The van der Waals surface area contributed by atoms with Crippen molar-refractivity contribution in [3.63, 3.8) is 0 Å². The third kappa shape index (κ3) is 9.04. The average molecular weight is 303 g/mol. The highest BCUT2D eigenvalue weighted by atomic mass is 19.1. The van der Waals surface area contributed by atoms with E-state index in [9.17, 15) is 9.18 Å². The van der Waals surface area contributed by atoms with Gasteiger partial charge in [0, 0.05) is 32.6 Å². The number of carbonyl (C=O) groups is 1. The molecule has 0 atom stereocenters. The first-order valence-corrected chi connectivity index (χ1v) is 8.32. The van der Waals surface area contributed by atoms with Gasteiger partial charge >= 0.3 is 0 Å². The number of nitrogens with one attached hydrogen (secondary N) is 2. The number of piperidine rings is 2. The number of alkyl halides is 1. The van der Waals surface area contributed by atoms with Crippen molar-refractivity contribution < 1.29 is 9.18 Å². The van der Waals surface area contributed by atoms with E-state index in [1.54, 1.807) is 6.92 Å². The maximum absolute atomic E-state index is 11.0. The Balaban J connectivity index is 0.000000921. The van der Waals surface area contributed by atoms with E-state index in [4.69, 9.17) is 0 Å². The summed E-state index contributed by atoms with van der Waals surface area (Å²) in [5, 5.41) is 6.44. The van der Waals surface area contributed by atoms with E-state index in [2.05, 4.69) is 15.5 Å². The minimum Gasteiger partial charge on any atom is -0.354 e. The molecule has 2 heterocycles. The fourth-order valence-corrected chi connectivity index (χ4v) is 2.98. The van der Waals surface area contributed by atoms with Crippen LogP contribution in [-0.4, -0.2) is 56.8 Å². The van der Waals surface area contributed by atoms with E-state index in [0.717, 1.165) is 31.8 Å². The monoisotopic (exact) mass is 303 g/mol. The molecule has 0 spiro atoms. The van der Waals surface area contributed by atoms with Crippen molar-refractivity contribution >= 4 is 5.91 Å². The molecule has 2 saturated heterocycles. The van der Waals surface area contributed by atoms with Gasteiger partial charge in [0.2, 0.25) is 5.91 Å². The summed E-state index contributed by atoms with van der Waals surface area (Å²) in [5.41, 5.74) is 0. The van der Waals surface area contributed by atoms with Gasteiger partial charge in [-0.2, -0.15) is 0 Å². The van der Waals surface area contributed by atoms with Crippen LogP contribution in [0.25, 0.3) is 0 Å². The molecule has 2 aliphatic rings. The van der Waals surface area contributed by atoms with Crippen LogP contribution in [0.4, 0.5) is 4.39 Å². The summed E-state index contributed by atoms with van der Waals surface area (Å²) in [4.78, 5) is 13.6. The molecule has 0 radical (unpaired) electrons. The second-order valence-electron chi connectivity index (χ2n) is 5.47. The molecular weight excluding hydrogens is 269 g/mol. The minimum absolute atomic E-state index is 0.113. The van der Waals surface area contributed by atoms with Gasteiger partial charge < -0.3 is 15.5 Å². The second kappa shape index (κ2) is 13.0. The molecule has 0 aliphatic carbocycles. The molecule has 4 nitrogen and oxygen atoms in total. The summed E-state index contributed by atoms with van der Waals surface area (Å²) in [5.74, 6) is 0.996. The van der Waals surface area contributed by atoms with E-state index < -0.39 is 0 Å². The van der Waals surface area contributed by atoms with Crippen LogP contribution >= 0.6 is 0 Å². The smallest absolute Gasteiger partial charge is 0.217 e. The number of rotatable bonds is 3. The number of hydrogen-bond acceptors (Lipinski definition) is 3. The molecule has 5 heteroatoms. The van der Waals surface area contributed by atoms with Crippen LogP contribution in [0, 0.1) is 5.92 Å². The summed E-state index contributed by atoms with van der Waals surface area (Å²) >= 11 is 0. The van der Waals surface area contributed by atoms with E-state index in [1.165, 1.54) is 32.5 Å². The van der Waals surface area contributed by atoms with Crippen molar-refractivity contribution in [2.75, 3.05) is 39.9 Å². The Hall–Kier alpha value is -0.680. The molecule has 2 aliphatic heterocycles. The van der Waals surface area contributed by atoms with Gasteiger partial charge in [0.05, 0.1) is 7.18 Å². The number of amides is 1. The van der Waals surface area contributed by atoms with Crippen LogP contribution in [0.1, 0.15) is 46.5 Å². The zero-order chi connectivity index (χ0) is 16.1. The second-order valence-corrected chi connectivity index (χ2v) is 5.47. The lowest BCUT2D eigenvalue weighted by molar-refractivity contribution is -0.119. The topological polar surface area (TPSA) is 44.4 Å². The van der Waals surface area contributed by atoms with Crippen molar-refractivity contribution in [1.29, 1.82) is 0 Å². The fourth-order valence-electron chi connectivity index (χ4n) is 2.98. The quantitative estimate of drug-likeness (QED) is 0.840. The molecule has 2 N–H and O–H groups in total. The first-order valence-electron chi connectivity index (χ1n) is 8.32. The van der Waals surface area contributed by atoms with Crippen LogP contribution in [0.5, 0.6) is 0 Å². The van der Waals surface area contributed by atoms with Crippen LogP contribution in [0.15, 0.2) is 0 Å². The van der Waals surface area contributed by atoms with Crippen molar-refractivity contribution in [3.05, 3.63) is 0 Å².